The number of hydrogen-bond donors (Lipinski definition) is 1. The Bertz CT molecular complexity index is 651. The molecule has 1 aliphatic carbocycles. The van der Waals surface area contributed by atoms with Gasteiger partial charge in [-0.1, -0.05) is 25.3 Å². The van der Waals surface area contributed by atoms with E-state index in [9.17, 15) is 0 Å². The molecule has 1 aromatic carbocycles. The van der Waals surface area contributed by atoms with E-state index in [4.69, 9.17) is 10.7 Å². The van der Waals surface area contributed by atoms with Gasteiger partial charge in [-0.2, -0.15) is 0 Å². The molecule has 0 saturated heterocycles. The molecule has 3 rings (SSSR count). The molecule has 0 radical (unpaired) electrons. The third-order valence-electron chi connectivity index (χ3n) is 4.79. The molecule has 21 heavy (non-hydrogen) atoms. The summed E-state index contributed by atoms with van der Waals surface area (Å²) in [6, 6.07) is 4.51. The van der Waals surface area contributed by atoms with Gasteiger partial charge >= 0.3 is 0 Å². The molecule has 2 aromatic rings. The highest BCUT2D eigenvalue weighted by Gasteiger charge is 2.32. The first-order chi connectivity index (χ1) is 9.99. The number of aromatic nitrogens is 1. The fourth-order valence-electron chi connectivity index (χ4n) is 3.26. The molecule has 2 N–H and O–H groups in total. The van der Waals surface area contributed by atoms with Crippen molar-refractivity contribution in [1.82, 2.24) is 4.98 Å². The smallest absolute Gasteiger partial charge is 0.113 e. The third-order valence-corrected chi connectivity index (χ3v) is 5.85. The van der Waals surface area contributed by atoms with E-state index in [1.807, 2.05) is 0 Å². The Labute approximate surface area is 131 Å². The lowest BCUT2D eigenvalue weighted by Crippen LogP contribution is -2.38. The summed E-state index contributed by atoms with van der Waals surface area (Å²) in [4.78, 5) is 4.90. The Morgan fingerprint density at radius 2 is 1.67 bits per heavy atom. The normalized spacial score (nSPS) is 17.9. The number of benzene rings is 1. The van der Waals surface area contributed by atoms with Crippen molar-refractivity contribution in [3.05, 3.63) is 39.2 Å². The Balaban J connectivity index is 1.97. The SMILES string of the molecule is Cc1cc(C)c(-c2csc(C3(N)CCCCC3)n2)cc1C. The van der Waals surface area contributed by atoms with Gasteiger partial charge in [0.05, 0.1) is 11.2 Å². The highest BCUT2D eigenvalue weighted by Crippen LogP contribution is 2.38. The summed E-state index contributed by atoms with van der Waals surface area (Å²) in [6.45, 7) is 6.49. The molecule has 0 aliphatic heterocycles. The molecular weight excluding hydrogens is 276 g/mol. The van der Waals surface area contributed by atoms with Crippen molar-refractivity contribution < 1.29 is 0 Å². The highest BCUT2D eigenvalue weighted by molar-refractivity contribution is 7.10. The van der Waals surface area contributed by atoms with Crippen LogP contribution in [-0.2, 0) is 5.54 Å². The summed E-state index contributed by atoms with van der Waals surface area (Å²) in [5.74, 6) is 0. The van der Waals surface area contributed by atoms with E-state index < -0.39 is 0 Å². The van der Waals surface area contributed by atoms with Gasteiger partial charge < -0.3 is 5.73 Å². The van der Waals surface area contributed by atoms with Crippen LogP contribution in [0.1, 0.15) is 53.8 Å². The average molecular weight is 300 g/mol. The molecule has 1 saturated carbocycles. The number of nitrogens with zero attached hydrogens (tertiary/aromatic N) is 1. The van der Waals surface area contributed by atoms with E-state index in [-0.39, 0.29) is 5.54 Å². The van der Waals surface area contributed by atoms with Crippen molar-refractivity contribution in [2.24, 2.45) is 5.73 Å². The van der Waals surface area contributed by atoms with Crippen LogP contribution in [0.3, 0.4) is 0 Å². The van der Waals surface area contributed by atoms with Crippen LogP contribution in [0, 0.1) is 20.8 Å². The van der Waals surface area contributed by atoms with Crippen molar-refractivity contribution in [3.63, 3.8) is 0 Å². The lowest BCUT2D eigenvalue weighted by Gasteiger charge is -2.31. The summed E-state index contributed by atoms with van der Waals surface area (Å²) in [7, 11) is 0. The summed E-state index contributed by atoms with van der Waals surface area (Å²) in [6.07, 6.45) is 5.92. The molecule has 0 spiro atoms. The summed E-state index contributed by atoms with van der Waals surface area (Å²) in [5.41, 5.74) is 12.7. The Morgan fingerprint density at radius 3 is 2.38 bits per heavy atom. The number of thiazole rings is 1. The highest BCUT2D eigenvalue weighted by atomic mass is 32.1. The number of aryl methyl sites for hydroxylation is 3. The molecule has 0 amide bonds. The molecule has 112 valence electrons. The molecule has 1 aliphatic rings. The van der Waals surface area contributed by atoms with E-state index in [0.717, 1.165) is 23.5 Å². The van der Waals surface area contributed by atoms with Gasteiger partial charge in [0.2, 0.25) is 0 Å². The second kappa shape index (κ2) is 5.54. The maximum Gasteiger partial charge on any atom is 0.113 e. The van der Waals surface area contributed by atoms with Gasteiger partial charge in [0.25, 0.3) is 0 Å². The summed E-state index contributed by atoms with van der Waals surface area (Å²) >= 11 is 1.73. The minimum atomic E-state index is -0.186. The zero-order valence-corrected chi connectivity index (χ0v) is 14.0. The topological polar surface area (TPSA) is 38.9 Å². The first-order valence-corrected chi connectivity index (χ1v) is 8.71. The zero-order valence-electron chi connectivity index (χ0n) is 13.2. The second-order valence-electron chi connectivity index (χ2n) is 6.51. The molecule has 3 heteroatoms. The van der Waals surface area contributed by atoms with Crippen molar-refractivity contribution in [2.75, 3.05) is 0 Å². The van der Waals surface area contributed by atoms with Crippen LogP contribution >= 0.6 is 11.3 Å². The van der Waals surface area contributed by atoms with Gasteiger partial charge in [0.1, 0.15) is 5.01 Å². The number of rotatable bonds is 2. The fourth-order valence-corrected chi connectivity index (χ4v) is 4.25. The lowest BCUT2D eigenvalue weighted by molar-refractivity contribution is 0.301. The first-order valence-electron chi connectivity index (χ1n) is 7.83. The lowest BCUT2D eigenvalue weighted by atomic mass is 9.83. The minimum Gasteiger partial charge on any atom is -0.319 e. The first kappa shape index (κ1) is 14.7. The molecule has 1 fully saturated rings. The number of nitrogens with two attached hydrogens (primary N) is 1. The Kier molecular flexibility index (Phi) is 3.89. The standard InChI is InChI=1S/C18H24N2S/c1-12-9-14(3)15(10-13(12)2)16-11-21-17(20-16)18(19)7-5-4-6-8-18/h9-11H,4-8,19H2,1-3H3. The summed E-state index contributed by atoms with van der Waals surface area (Å²) < 4.78 is 0. The molecule has 0 atom stereocenters. The average Bonchev–Trinajstić information content (AvgIpc) is 2.94. The quantitative estimate of drug-likeness (QED) is 0.860. The molecule has 1 aromatic heterocycles. The van der Waals surface area contributed by atoms with E-state index in [1.165, 1.54) is 41.5 Å². The maximum absolute atomic E-state index is 6.61. The Morgan fingerprint density at radius 1 is 1.00 bits per heavy atom. The van der Waals surface area contributed by atoms with Gasteiger partial charge in [0.15, 0.2) is 0 Å². The maximum atomic E-state index is 6.61. The van der Waals surface area contributed by atoms with E-state index in [0.29, 0.717) is 0 Å². The van der Waals surface area contributed by atoms with Gasteiger partial charge in [-0.3, -0.25) is 0 Å². The van der Waals surface area contributed by atoms with Gasteiger partial charge in [-0.05, 0) is 56.4 Å². The van der Waals surface area contributed by atoms with Gasteiger partial charge in [-0.25, -0.2) is 4.98 Å². The second-order valence-corrected chi connectivity index (χ2v) is 7.36. The van der Waals surface area contributed by atoms with Gasteiger partial charge in [-0.15, -0.1) is 11.3 Å². The van der Waals surface area contributed by atoms with E-state index >= 15 is 0 Å². The van der Waals surface area contributed by atoms with Crippen molar-refractivity contribution >= 4 is 11.3 Å². The largest absolute Gasteiger partial charge is 0.319 e. The molecular formula is C18H24N2S. The third kappa shape index (κ3) is 2.77. The van der Waals surface area contributed by atoms with E-state index in [1.54, 1.807) is 11.3 Å². The summed E-state index contributed by atoms with van der Waals surface area (Å²) in [5, 5.41) is 3.30. The molecule has 2 nitrogen and oxygen atoms in total. The zero-order chi connectivity index (χ0) is 15.0. The monoisotopic (exact) mass is 300 g/mol. The van der Waals surface area contributed by atoms with Crippen molar-refractivity contribution in [2.45, 2.75) is 58.4 Å². The minimum absolute atomic E-state index is 0.186. The molecule has 1 heterocycles. The van der Waals surface area contributed by atoms with Crippen LogP contribution < -0.4 is 5.73 Å². The molecule has 0 unspecified atom stereocenters. The van der Waals surface area contributed by atoms with Crippen LogP contribution in [0.2, 0.25) is 0 Å². The predicted octanol–water partition coefficient (Wildman–Crippen LogP) is 4.85. The van der Waals surface area contributed by atoms with Crippen molar-refractivity contribution in [1.29, 1.82) is 0 Å². The predicted molar refractivity (Wildman–Crippen MR) is 90.7 cm³/mol. The van der Waals surface area contributed by atoms with Crippen LogP contribution in [0.25, 0.3) is 11.3 Å². The van der Waals surface area contributed by atoms with Crippen LogP contribution in [0.15, 0.2) is 17.5 Å². The van der Waals surface area contributed by atoms with E-state index in [2.05, 4.69) is 38.3 Å². The van der Waals surface area contributed by atoms with Crippen LogP contribution in [0.4, 0.5) is 0 Å². The van der Waals surface area contributed by atoms with Crippen molar-refractivity contribution in [3.8, 4) is 11.3 Å². The van der Waals surface area contributed by atoms with Crippen LogP contribution in [-0.4, -0.2) is 4.98 Å². The van der Waals surface area contributed by atoms with Gasteiger partial charge in [0, 0.05) is 10.9 Å². The number of hydrogen-bond acceptors (Lipinski definition) is 3. The Hall–Kier alpha value is -1.19. The molecule has 0 bridgehead atoms. The van der Waals surface area contributed by atoms with Crippen LogP contribution in [0.5, 0.6) is 0 Å². The fraction of sp³-hybridized carbons (Fsp3) is 0.500.